The average molecular weight is 545 g/mol. The summed E-state index contributed by atoms with van der Waals surface area (Å²) in [6, 6.07) is 9.74. The van der Waals surface area contributed by atoms with Crippen LogP contribution in [0.5, 0.6) is 0 Å². The molecular weight excluding hydrogens is 524 g/mol. The number of hydrogen-bond donors (Lipinski definition) is 1. The molecule has 0 saturated heterocycles. The van der Waals surface area contributed by atoms with Gasteiger partial charge in [-0.25, -0.2) is 18.6 Å². The Morgan fingerprint density at radius 2 is 1.92 bits per heavy atom. The summed E-state index contributed by atoms with van der Waals surface area (Å²) < 4.78 is 43.4. The zero-order valence-electron chi connectivity index (χ0n) is 19.4. The average Bonchev–Trinajstić information content (AvgIpc) is 3.17. The molecular formula is C27H21Cl2F3N4O. The number of benzene rings is 2. The molecule has 0 atom stereocenters. The van der Waals surface area contributed by atoms with E-state index >= 15 is 0 Å². The second-order valence-electron chi connectivity index (χ2n) is 8.74. The van der Waals surface area contributed by atoms with Gasteiger partial charge >= 0.3 is 6.03 Å². The smallest absolute Gasteiger partial charge is 0.326 e. The summed E-state index contributed by atoms with van der Waals surface area (Å²) >= 11 is 11.9. The van der Waals surface area contributed by atoms with Crippen molar-refractivity contribution < 1.29 is 18.0 Å². The van der Waals surface area contributed by atoms with Gasteiger partial charge in [0.25, 0.3) is 0 Å². The highest BCUT2D eigenvalue weighted by molar-refractivity contribution is 6.31. The van der Waals surface area contributed by atoms with Crippen molar-refractivity contribution >= 4 is 46.2 Å². The number of pyridine rings is 1. The van der Waals surface area contributed by atoms with Gasteiger partial charge in [0.05, 0.1) is 10.5 Å². The quantitative estimate of drug-likeness (QED) is 0.288. The van der Waals surface area contributed by atoms with Crippen LogP contribution in [0.15, 0.2) is 54.7 Å². The van der Waals surface area contributed by atoms with Crippen molar-refractivity contribution in [3.63, 3.8) is 0 Å². The maximum Gasteiger partial charge on any atom is 0.326 e. The number of rotatable bonds is 5. The molecule has 1 amide bonds. The van der Waals surface area contributed by atoms with Gasteiger partial charge in [-0.15, -0.1) is 0 Å². The number of nitrogens with one attached hydrogen (secondary N) is 1. The van der Waals surface area contributed by atoms with Crippen LogP contribution in [0.25, 0.3) is 17.0 Å². The van der Waals surface area contributed by atoms with E-state index in [2.05, 4.69) is 15.2 Å². The molecule has 0 spiro atoms. The van der Waals surface area contributed by atoms with Crippen LogP contribution in [-0.2, 0) is 19.5 Å². The van der Waals surface area contributed by atoms with E-state index < -0.39 is 23.6 Å². The molecule has 2 aromatic heterocycles. The van der Waals surface area contributed by atoms with Crippen LogP contribution in [0, 0.1) is 17.6 Å². The molecule has 0 saturated carbocycles. The van der Waals surface area contributed by atoms with Crippen molar-refractivity contribution in [1.82, 2.24) is 19.8 Å². The number of amides is 1. The van der Waals surface area contributed by atoms with Gasteiger partial charge < -0.3 is 5.32 Å². The maximum atomic E-state index is 14.4. The fraction of sp³-hybridized carbons (Fsp3) is 0.185. The van der Waals surface area contributed by atoms with Crippen LogP contribution < -0.4 is 5.32 Å². The number of nitrogens with zero attached hydrogens (tertiary/aromatic N) is 3. The lowest BCUT2D eigenvalue weighted by molar-refractivity contribution is 0.240. The minimum absolute atomic E-state index is 0.0858. The van der Waals surface area contributed by atoms with E-state index in [1.165, 1.54) is 35.0 Å². The van der Waals surface area contributed by atoms with Gasteiger partial charge in [0.2, 0.25) is 5.95 Å². The number of hydrogen-bond acceptors (Lipinski definition) is 3. The van der Waals surface area contributed by atoms with Crippen molar-refractivity contribution in [2.45, 2.75) is 19.5 Å². The van der Waals surface area contributed by atoms with Crippen LogP contribution in [-0.4, -0.2) is 33.6 Å². The fourth-order valence-corrected chi connectivity index (χ4v) is 4.88. The highest BCUT2D eigenvalue weighted by Gasteiger charge is 2.27. The minimum Gasteiger partial charge on any atom is -0.333 e. The lowest BCUT2D eigenvalue weighted by Gasteiger charge is -2.27. The van der Waals surface area contributed by atoms with Crippen LogP contribution in [0.3, 0.4) is 0 Å². The second-order valence-corrected chi connectivity index (χ2v) is 9.59. The van der Waals surface area contributed by atoms with Crippen molar-refractivity contribution in [1.29, 1.82) is 0 Å². The van der Waals surface area contributed by atoms with Crippen molar-refractivity contribution in [2.24, 2.45) is 0 Å². The number of carbonyl (C=O) groups excluding carboxylic acids is 1. The summed E-state index contributed by atoms with van der Waals surface area (Å²) in [6.07, 6.45) is 5.41. The standard InChI is InChI=1S/C27H21Cl2F3N4O/c28-18-4-3-17(22(30)11-18)2-1-8-35-9-6-24-20(15-35)19-12-23(31)21(29)13-25(19)36(24)27(37)34-14-16-5-7-33-26(32)10-16/h1-5,7,10-13H,6,8-9,14-15H2,(H,34,37)/b2-1+. The molecule has 10 heteroatoms. The second kappa shape index (κ2) is 10.6. The molecule has 0 unspecified atom stereocenters. The number of fused-ring (bicyclic) bond motifs is 3. The Morgan fingerprint density at radius 1 is 1.08 bits per heavy atom. The number of halogens is 5. The molecule has 37 heavy (non-hydrogen) atoms. The van der Waals surface area contributed by atoms with Gasteiger partial charge in [-0.3, -0.25) is 9.47 Å². The molecule has 5 rings (SSSR count). The summed E-state index contributed by atoms with van der Waals surface area (Å²) in [5.74, 6) is -1.61. The molecule has 0 radical (unpaired) electrons. The first-order valence-electron chi connectivity index (χ1n) is 11.5. The van der Waals surface area contributed by atoms with E-state index in [1.54, 1.807) is 24.3 Å². The van der Waals surface area contributed by atoms with Gasteiger partial charge in [-0.1, -0.05) is 41.4 Å². The molecule has 1 aliphatic rings. The van der Waals surface area contributed by atoms with Crippen molar-refractivity contribution in [3.8, 4) is 0 Å². The third-order valence-electron chi connectivity index (χ3n) is 6.33. The molecule has 0 bridgehead atoms. The molecule has 1 aliphatic heterocycles. The zero-order valence-corrected chi connectivity index (χ0v) is 21.0. The monoisotopic (exact) mass is 544 g/mol. The molecule has 3 heterocycles. The highest BCUT2D eigenvalue weighted by atomic mass is 35.5. The van der Waals surface area contributed by atoms with Crippen LogP contribution in [0.1, 0.15) is 22.4 Å². The SMILES string of the molecule is O=C(NCc1ccnc(F)c1)n1c2c(c3cc(F)c(Cl)cc31)CN(C/C=C/c1ccc(Cl)cc1F)CC2. The van der Waals surface area contributed by atoms with Gasteiger partial charge in [-0.2, -0.15) is 4.39 Å². The molecule has 4 aromatic rings. The maximum absolute atomic E-state index is 14.4. The van der Waals surface area contributed by atoms with E-state index in [9.17, 15) is 18.0 Å². The Bertz CT molecular complexity index is 1540. The Labute approximate surface area is 221 Å². The third kappa shape index (κ3) is 5.37. The van der Waals surface area contributed by atoms with E-state index in [4.69, 9.17) is 23.2 Å². The van der Waals surface area contributed by atoms with E-state index in [1.807, 2.05) is 6.08 Å². The van der Waals surface area contributed by atoms with Crippen molar-refractivity contribution in [2.75, 3.05) is 13.1 Å². The molecule has 190 valence electrons. The molecule has 0 fully saturated rings. The predicted molar refractivity (Wildman–Crippen MR) is 138 cm³/mol. The van der Waals surface area contributed by atoms with Gasteiger partial charge in [0.1, 0.15) is 11.6 Å². The molecule has 0 aliphatic carbocycles. The Hall–Kier alpha value is -3.33. The largest absolute Gasteiger partial charge is 0.333 e. The lowest BCUT2D eigenvalue weighted by atomic mass is 10.0. The first kappa shape index (κ1) is 25.3. The topological polar surface area (TPSA) is 50.2 Å². The summed E-state index contributed by atoms with van der Waals surface area (Å²) in [6.45, 7) is 1.73. The molecule has 5 nitrogen and oxygen atoms in total. The highest BCUT2D eigenvalue weighted by Crippen LogP contribution is 2.34. The van der Waals surface area contributed by atoms with E-state index in [0.29, 0.717) is 53.1 Å². The van der Waals surface area contributed by atoms with Gasteiger partial charge in [-0.05, 0) is 47.5 Å². The number of carbonyl (C=O) groups is 1. The lowest BCUT2D eigenvalue weighted by Crippen LogP contribution is -2.34. The fourth-order valence-electron chi connectivity index (χ4n) is 4.57. The summed E-state index contributed by atoms with van der Waals surface area (Å²) in [4.78, 5) is 18.9. The van der Waals surface area contributed by atoms with Crippen molar-refractivity contribution in [3.05, 3.63) is 105 Å². The molecule has 2 aromatic carbocycles. The third-order valence-corrected chi connectivity index (χ3v) is 6.86. The Morgan fingerprint density at radius 3 is 2.70 bits per heavy atom. The van der Waals surface area contributed by atoms with Crippen LogP contribution >= 0.6 is 23.2 Å². The van der Waals surface area contributed by atoms with Gasteiger partial charge in [0.15, 0.2) is 0 Å². The first-order valence-corrected chi connectivity index (χ1v) is 12.3. The zero-order chi connectivity index (χ0) is 26.1. The minimum atomic E-state index is -0.634. The number of aromatic nitrogens is 2. The summed E-state index contributed by atoms with van der Waals surface area (Å²) in [5.41, 5.74) is 3.08. The van der Waals surface area contributed by atoms with Crippen LogP contribution in [0.2, 0.25) is 10.0 Å². The van der Waals surface area contributed by atoms with E-state index in [0.717, 1.165) is 11.3 Å². The summed E-state index contributed by atoms with van der Waals surface area (Å²) in [7, 11) is 0. The predicted octanol–water partition coefficient (Wildman–Crippen LogP) is 6.59. The first-order chi connectivity index (χ1) is 17.8. The molecule has 1 N–H and O–H groups in total. The normalized spacial score (nSPS) is 13.9. The van der Waals surface area contributed by atoms with Gasteiger partial charge in [0, 0.05) is 60.5 Å². The van der Waals surface area contributed by atoms with Crippen LogP contribution in [0.4, 0.5) is 18.0 Å². The Balaban J connectivity index is 1.40. The summed E-state index contributed by atoms with van der Waals surface area (Å²) in [5, 5.41) is 3.64. The Kier molecular flexibility index (Phi) is 7.24. The van der Waals surface area contributed by atoms with E-state index in [-0.39, 0.29) is 11.6 Å².